The summed E-state index contributed by atoms with van der Waals surface area (Å²) in [4.78, 5) is 29.0. The lowest BCUT2D eigenvalue weighted by atomic mass is 10.1. The van der Waals surface area contributed by atoms with Gasteiger partial charge < -0.3 is 10.1 Å². The van der Waals surface area contributed by atoms with E-state index in [0.29, 0.717) is 17.5 Å². The molecule has 0 aliphatic carbocycles. The highest BCUT2D eigenvalue weighted by Crippen LogP contribution is 2.19. The minimum absolute atomic E-state index is 0.121. The van der Waals surface area contributed by atoms with Crippen LogP contribution in [0.1, 0.15) is 31.9 Å². The van der Waals surface area contributed by atoms with Gasteiger partial charge in [0, 0.05) is 13.0 Å². The fraction of sp³-hybridized carbons (Fsp3) is 0.286. The molecule has 1 heterocycles. The van der Waals surface area contributed by atoms with Gasteiger partial charge in [-0.15, -0.1) is 0 Å². The predicted molar refractivity (Wildman–Crippen MR) is 105 cm³/mol. The van der Waals surface area contributed by atoms with E-state index in [0.717, 1.165) is 11.3 Å². The van der Waals surface area contributed by atoms with E-state index in [9.17, 15) is 9.59 Å². The first-order valence-electron chi connectivity index (χ1n) is 9.04. The third kappa shape index (κ3) is 4.53. The summed E-state index contributed by atoms with van der Waals surface area (Å²) in [5, 5.41) is 3.52. The minimum atomic E-state index is -0.149. The van der Waals surface area contributed by atoms with Gasteiger partial charge in [0.15, 0.2) is 0 Å². The topological polar surface area (TPSA) is 73.2 Å². The van der Waals surface area contributed by atoms with Crippen molar-refractivity contribution < 1.29 is 9.53 Å². The molecule has 2 aromatic carbocycles. The molecule has 1 aromatic heterocycles. The smallest absolute Gasteiger partial charge is 0.261 e. The molecule has 3 rings (SSSR count). The van der Waals surface area contributed by atoms with Crippen LogP contribution in [0.3, 0.4) is 0 Å². The monoisotopic (exact) mass is 365 g/mol. The van der Waals surface area contributed by atoms with Crippen molar-refractivity contribution >= 4 is 16.8 Å². The van der Waals surface area contributed by atoms with Crippen LogP contribution in [0.5, 0.6) is 5.75 Å². The largest absolute Gasteiger partial charge is 0.494 e. The number of carbonyl (C=O) groups excluding carboxylic acids is 1. The Hall–Kier alpha value is -3.15. The maximum atomic E-state index is 12.5. The summed E-state index contributed by atoms with van der Waals surface area (Å²) >= 11 is 0. The summed E-state index contributed by atoms with van der Waals surface area (Å²) < 4.78 is 6.97. The Bertz CT molecular complexity index is 997. The molecular formula is C21H23N3O3. The van der Waals surface area contributed by atoms with E-state index in [4.69, 9.17) is 4.74 Å². The molecule has 3 aromatic rings. The number of amides is 1. The van der Waals surface area contributed by atoms with Gasteiger partial charge in [0.1, 0.15) is 5.75 Å². The van der Waals surface area contributed by atoms with Gasteiger partial charge in [-0.3, -0.25) is 14.2 Å². The molecule has 0 fully saturated rings. The van der Waals surface area contributed by atoms with Gasteiger partial charge in [-0.2, -0.15) is 0 Å². The average Bonchev–Trinajstić information content (AvgIpc) is 2.68. The van der Waals surface area contributed by atoms with Crippen molar-refractivity contribution in [1.29, 1.82) is 0 Å². The van der Waals surface area contributed by atoms with Gasteiger partial charge in [0.25, 0.3) is 5.56 Å². The summed E-state index contributed by atoms with van der Waals surface area (Å²) in [6.07, 6.45) is 1.70. The van der Waals surface area contributed by atoms with Crippen molar-refractivity contribution in [3.63, 3.8) is 0 Å². The van der Waals surface area contributed by atoms with E-state index in [1.165, 1.54) is 10.9 Å². The molecule has 0 bridgehead atoms. The number of benzene rings is 2. The number of aryl methyl sites for hydroxylation is 1. The highest BCUT2D eigenvalue weighted by molar-refractivity contribution is 5.77. The van der Waals surface area contributed by atoms with Crippen molar-refractivity contribution in [2.24, 2.45) is 0 Å². The third-order valence-electron chi connectivity index (χ3n) is 4.36. The van der Waals surface area contributed by atoms with Crippen LogP contribution in [0.25, 0.3) is 10.9 Å². The summed E-state index contributed by atoms with van der Waals surface area (Å²) in [5.41, 5.74) is 1.50. The molecule has 6 heteroatoms. The summed E-state index contributed by atoms with van der Waals surface area (Å²) in [5.74, 6) is 0.661. The number of nitrogens with one attached hydrogen (secondary N) is 1. The van der Waals surface area contributed by atoms with Crippen LogP contribution in [-0.2, 0) is 11.3 Å². The quantitative estimate of drug-likeness (QED) is 0.698. The molecule has 0 unspecified atom stereocenters. The van der Waals surface area contributed by atoms with E-state index in [2.05, 4.69) is 10.3 Å². The van der Waals surface area contributed by atoms with Crippen molar-refractivity contribution in [3.05, 3.63) is 70.8 Å². The first-order valence-corrected chi connectivity index (χ1v) is 9.04. The molecule has 1 N–H and O–H groups in total. The van der Waals surface area contributed by atoms with Crippen molar-refractivity contribution in [2.45, 2.75) is 32.9 Å². The summed E-state index contributed by atoms with van der Waals surface area (Å²) in [7, 11) is 0. The summed E-state index contributed by atoms with van der Waals surface area (Å²) in [6, 6.07) is 14.7. The number of aromatic nitrogens is 2. The number of fused-ring (bicyclic) bond motifs is 1. The number of ether oxygens (including phenoxy) is 1. The SMILES string of the molecule is CCOc1cccc([C@@H](C)NC(=O)CCn2cnc3ccccc3c2=O)c1. The molecule has 0 radical (unpaired) electrons. The maximum Gasteiger partial charge on any atom is 0.261 e. The van der Waals surface area contributed by atoms with Gasteiger partial charge in [0.2, 0.25) is 5.91 Å². The molecule has 0 spiro atoms. The van der Waals surface area contributed by atoms with Gasteiger partial charge >= 0.3 is 0 Å². The zero-order valence-corrected chi connectivity index (χ0v) is 15.5. The zero-order chi connectivity index (χ0) is 19.2. The van der Waals surface area contributed by atoms with E-state index in [-0.39, 0.29) is 30.5 Å². The number of para-hydroxylation sites is 1. The Labute approximate surface area is 157 Å². The van der Waals surface area contributed by atoms with Crippen LogP contribution >= 0.6 is 0 Å². The standard InChI is InChI=1S/C21H23N3O3/c1-3-27-17-8-6-7-16(13-17)15(2)23-20(25)11-12-24-14-22-19-10-5-4-9-18(19)21(24)26/h4-10,13-15H,3,11-12H2,1-2H3,(H,23,25)/t15-/m1/s1. The molecule has 1 amide bonds. The Morgan fingerprint density at radius 3 is 2.85 bits per heavy atom. The van der Waals surface area contributed by atoms with Crippen LogP contribution in [-0.4, -0.2) is 22.1 Å². The number of hydrogen-bond acceptors (Lipinski definition) is 4. The van der Waals surface area contributed by atoms with Crippen LogP contribution in [0.2, 0.25) is 0 Å². The van der Waals surface area contributed by atoms with Crippen LogP contribution in [0, 0.1) is 0 Å². The molecule has 140 valence electrons. The number of hydrogen-bond donors (Lipinski definition) is 1. The van der Waals surface area contributed by atoms with Crippen LogP contribution < -0.4 is 15.6 Å². The van der Waals surface area contributed by atoms with E-state index >= 15 is 0 Å². The van der Waals surface area contributed by atoms with Gasteiger partial charge in [-0.1, -0.05) is 24.3 Å². The number of nitrogens with zero attached hydrogens (tertiary/aromatic N) is 2. The molecular weight excluding hydrogens is 342 g/mol. The lowest BCUT2D eigenvalue weighted by Crippen LogP contribution is -2.29. The normalized spacial score (nSPS) is 11.9. The van der Waals surface area contributed by atoms with E-state index < -0.39 is 0 Å². The predicted octanol–water partition coefficient (Wildman–Crippen LogP) is 3.06. The highest BCUT2D eigenvalue weighted by atomic mass is 16.5. The number of rotatable bonds is 7. The van der Waals surface area contributed by atoms with E-state index in [1.54, 1.807) is 18.2 Å². The van der Waals surface area contributed by atoms with Gasteiger partial charge in [-0.25, -0.2) is 4.98 Å². The fourth-order valence-corrected chi connectivity index (χ4v) is 2.92. The number of carbonyl (C=O) groups is 1. The Morgan fingerprint density at radius 2 is 2.04 bits per heavy atom. The lowest BCUT2D eigenvalue weighted by Gasteiger charge is -2.16. The second-order valence-corrected chi connectivity index (χ2v) is 6.30. The van der Waals surface area contributed by atoms with Gasteiger partial charge in [0.05, 0.1) is 29.9 Å². The van der Waals surface area contributed by atoms with Crippen LogP contribution in [0.15, 0.2) is 59.7 Å². The van der Waals surface area contributed by atoms with Gasteiger partial charge in [-0.05, 0) is 43.7 Å². The molecule has 27 heavy (non-hydrogen) atoms. The maximum absolute atomic E-state index is 12.5. The minimum Gasteiger partial charge on any atom is -0.494 e. The molecule has 1 atom stereocenters. The Morgan fingerprint density at radius 1 is 1.22 bits per heavy atom. The zero-order valence-electron chi connectivity index (χ0n) is 15.5. The van der Waals surface area contributed by atoms with Crippen molar-refractivity contribution in [1.82, 2.24) is 14.9 Å². The second kappa shape index (κ2) is 8.49. The van der Waals surface area contributed by atoms with E-state index in [1.807, 2.05) is 44.2 Å². The Kier molecular flexibility index (Phi) is 5.86. The molecule has 0 aliphatic rings. The van der Waals surface area contributed by atoms with Crippen molar-refractivity contribution in [3.8, 4) is 5.75 Å². The Balaban J connectivity index is 1.62. The molecule has 0 aliphatic heterocycles. The van der Waals surface area contributed by atoms with Crippen molar-refractivity contribution in [2.75, 3.05) is 6.61 Å². The first kappa shape index (κ1) is 18.6. The fourth-order valence-electron chi connectivity index (χ4n) is 2.92. The van der Waals surface area contributed by atoms with Crippen LogP contribution in [0.4, 0.5) is 0 Å². The molecule has 0 saturated carbocycles. The average molecular weight is 365 g/mol. The first-order chi connectivity index (χ1) is 13.1. The highest BCUT2D eigenvalue weighted by Gasteiger charge is 2.11. The molecule has 0 saturated heterocycles. The third-order valence-corrected chi connectivity index (χ3v) is 4.36. The molecule has 6 nitrogen and oxygen atoms in total. The lowest BCUT2D eigenvalue weighted by molar-refractivity contribution is -0.121. The second-order valence-electron chi connectivity index (χ2n) is 6.30. The summed E-state index contributed by atoms with van der Waals surface area (Å²) in [6.45, 7) is 4.74.